The minimum Gasteiger partial charge on any atom is -0.492 e. The maximum atomic E-state index is 13.1. The van der Waals surface area contributed by atoms with E-state index in [2.05, 4.69) is 15.6 Å². The molecule has 2 aromatic heterocycles. The van der Waals surface area contributed by atoms with Gasteiger partial charge in [0.2, 0.25) is 0 Å². The number of nitrogens with one attached hydrogen (secondary N) is 2. The average Bonchev–Trinajstić information content (AvgIpc) is 3.28. The summed E-state index contributed by atoms with van der Waals surface area (Å²) in [6.45, 7) is 4.79. The summed E-state index contributed by atoms with van der Waals surface area (Å²) in [5.41, 5.74) is 3.28. The van der Waals surface area contributed by atoms with Crippen molar-refractivity contribution in [1.29, 1.82) is 0 Å². The fourth-order valence-corrected chi connectivity index (χ4v) is 4.14. The zero-order valence-electron chi connectivity index (χ0n) is 16.6. The number of carbonyl (C=O) groups excluding carboxylic acids is 1. The summed E-state index contributed by atoms with van der Waals surface area (Å²) in [6, 6.07) is 13.3. The van der Waals surface area contributed by atoms with Gasteiger partial charge in [0.15, 0.2) is 4.96 Å². The van der Waals surface area contributed by atoms with Gasteiger partial charge >= 0.3 is 6.03 Å². The van der Waals surface area contributed by atoms with Crippen LogP contribution in [0.2, 0.25) is 0 Å². The predicted molar refractivity (Wildman–Crippen MR) is 117 cm³/mol. The Morgan fingerprint density at radius 1 is 1.20 bits per heavy atom. The number of hydrogen-bond acceptors (Lipinski definition) is 4. The molecule has 0 aliphatic heterocycles. The molecule has 4 aromatic rings. The Kier molecular flexibility index (Phi) is 5.67. The molecule has 0 atom stereocenters. The first kappa shape index (κ1) is 19.9. The zero-order valence-corrected chi connectivity index (χ0v) is 17.4. The maximum Gasteiger partial charge on any atom is 0.319 e. The molecule has 2 N–H and O–H groups in total. The number of aromatic nitrogens is 2. The second-order valence-electron chi connectivity index (χ2n) is 6.63. The van der Waals surface area contributed by atoms with Gasteiger partial charge < -0.3 is 15.4 Å². The molecular weight excluding hydrogens is 403 g/mol. The van der Waals surface area contributed by atoms with E-state index < -0.39 is 0 Å². The van der Waals surface area contributed by atoms with Crippen LogP contribution >= 0.6 is 11.3 Å². The number of amides is 2. The molecule has 4 rings (SSSR count). The van der Waals surface area contributed by atoms with E-state index >= 15 is 0 Å². The van der Waals surface area contributed by atoms with Gasteiger partial charge in [-0.2, -0.15) is 0 Å². The molecule has 0 unspecified atom stereocenters. The second kappa shape index (κ2) is 8.54. The van der Waals surface area contributed by atoms with Gasteiger partial charge in [-0.05, 0) is 50.2 Å². The van der Waals surface area contributed by atoms with Crippen LogP contribution in [0.1, 0.15) is 17.5 Å². The third-order valence-electron chi connectivity index (χ3n) is 4.64. The highest BCUT2D eigenvalue weighted by Gasteiger charge is 2.14. The molecule has 30 heavy (non-hydrogen) atoms. The van der Waals surface area contributed by atoms with Crippen LogP contribution in [-0.2, 0) is 6.54 Å². The van der Waals surface area contributed by atoms with Gasteiger partial charge in [0.05, 0.1) is 24.5 Å². The lowest BCUT2D eigenvalue weighted by Crippen LogP contribution is -2.28. The number of fused-ring (bicyclic) bond motifs is 1. The Labute approximate surface area is 177 Å². The Balaban J connectivity index is 1.44. The summed E-state index contributed by atoms with van der Waals surface area (Å²) >= 11 is 1.51. The Bertz CT molecular complexity index is 1180. The van der Waals surface area contributed by atoms with Gasteiger partial charge in [0, 0.05) is 22.3 Å². The summed E-state index contributed by atoms with van der Waals surface area (Å²) in [4.78, 5) is 18.8. The van der Waals surface area contributed by atoms with Crippen molar-refractivity contribution in [1.82, 2.24) is 14.7 Å². The van der Waals surface area contributed by atoms with Gasteiger partial charge in [0.1, 0.15) is 11.6 Å². The number of halogens is 1. The lowest BCUT2D eigenvalue weighted by molar-refractivity contribution is 0.251. The minimum atomic E-state index is -0.306. The van der Waals surface area contributed by atoms with E-state index in [0.29, 0.717) is 24.6 Å². The van der Waals surface area contributed by atoms with Crippen LogP contribution < -0.4 is 15.4 Å². The van der Waals surface area contributed by atoms with Crippen molar-refractivity contribution in [2.24, 2.45) is 0 Å². The molecule has 2 amide bonds. The maximum absolute atomic E-state index is 13.1. The Morgan fingerprint density at radius 3 is 2.70 bits per heavy atom. The van der Waals surface area contributed by atoms with E-state index in [1.54, 1.807) is 18.2 Å². The number of thiazole rings is 1. The Hall–Kier alpha value is -3.39. The number of para-hydroxylation sites is 2. The number of rotatable bonds is 6. The van der Waals surface area contributed by atoms with E-state index in [1.165, 1.54) is 23.5 Å². The van der Waals surface area contributed by atoms with Gasteiger partial charge in [-0.15, -0.1) is 0 Å². The number of aryl methyl sites for hydroxylation is 1. The lowest BCUT2D eigenvalue weighted by Gasteiger charge is -2.11. The van der Waals surface area contributed by atoms with Crippen LogP contribution in [0.4, 0.5) is 14.9 Å². The number of benzene rings is 2. The highest BCUT2D eigenvalue weighted by molar-refractivity contribution is 7.17. The number of imidazole rings is 1. The molecule has 0 spiro atoms. The minimum absolute atomic E-state index is 0.272. The highest BCUT2D eigenvalue weighted by Crippen LogP contribution is 2.27. The number of anilines is 1. The summed E-state index contributed by atoms with van der Waals surface area (Å²) in [5.74, 6) is 0.362. The lowest BCUT2D eigenvalue weighted by atomic mass is 10.2. The number of nitrogens with zero attached hydrogens (tertiary/aromatic N) is 2. The van der Waals surface area contributed by atoms with Crippen molar-refractivity contribution in [3.8, 4) is 17.0 Å². The number of ether oxygens (including phenoxy) is 1. The van der Waals surface area contributed by atoms with Gasteiger partial charge in [-0.3, -0.25) is 4.40 Å². The van der Waals surface area contributed by atoms with Gasteiger partial charge in [0.25, 0.3) is 0 Å². The van der Waals surface area contributed by atoms with Crippen LogP contribution in [0.25, 0.3) is 16.2 Å². The number of hydrogen-bond donors (Lipinski definition) is 2. The Morgan fingerprint density at radius 2 is 1.97 bits per heavy atom. The molecule has 2 heterocycles. The van der Waals surface area contributed by atoms with E-state index in [4.69, 9.17) is 4.74 Å². The van der Waals surface area contributed by atoms with Crippen molar-refractivity contribution in [2.75, 3.05) is 11.9 Å². The van der Waals surface area contributed by atoms with E-state index in [0.717, 1.165) is 26.8 Å². The normalized spacial score (nSPS) is 10.9. The molecular formula is C22H21FN4O2S. The topological polar surface area (TPSA) is 67.7 Å². The predicted octanol–water partition coefficient (Wildman–Crippen LogP) is 5.23. The number of urea groups is 1. The van der Waals surface area contributed by atoms with Crippen LogP contribution in [0.3, 0.4) is 0 Å². The van der Waals surface area contributed by atoms with Crippen LogP contribution in [0.15, 0.2) is 54.7 Å². The van der Waals surface area contributed by atoms with Crippen LogP contribution in [-0.4, -0.2) is 22.0 Å². The molecule has 2 aromatic carbocycles. The number of carbonyl (C=O) groups is 1. The standard InChI is InChI=1S/C22H21FN4O2S/c1-3-29-19-7-5-4-6-17(19)25-21(28)24-12-20-14(2)27-13-18(26-22(27)30-20)15-8-10-16(23)11-9-15/h4-11,13H,3,12H2,1-2H3,(H2,24,25,28). The molecule has 0 fully saturated rings. The molecule has 0 aliphatic carbocycles. The first-order chi connectivity index (χ1) is 14.5. The van der Waals surface area contributed by atoms with Crippen molar-refractivity contribution in [3.63, 3.8) is 0 Å². The van der Waals surface area contributed by atoms with Crippen LogP contribution in [0.5, 0.6) is 5.75 Å². The van der Waals surface area contributed by atoms with Gasteiger partial charge in [-0.1, -0.05) is 23.5 Å². The fraction of sp³-hybridized carbons (Fsp3) is 0.182. The fourth-order valence-electron chi connectivity index (χ4n) is 3.10. The molecule has 0 saturated heterocycles. The molecule has 154 valence electrons. The molecule has 8 heteroatoms. The summed E-state index contributed by atoms with van der Waals surface area (Å²) < 4.78 is 20.7. The zero-order chi connectivity index (χ0) is 21.1. The molecule has 0 saturated carbocycles. The third-order valence-corrected chi connectivity index (χ3v) is 5.79. The summed E-state index contributed by atoms with van der Waals surface area (Å²) in [5, 5.41) is 5.71. The van der Waals surface area contributed by atoms with Crippen molar-refractivity contribution in [2.45, 2.75) is 20.4 Å². The quantitative estimate of drug-likeness (QED) is 0.445. The third kappa shape index (κ3) is 4.13. The molecule has 6 nitrogen and oxygen atoms in total. The smallest absolute Gasteiger partial charge is 0.319 e. The largest absolute Gasteiger partial charge is 0.492 e. The van der Waals surface area contributed by atoms with E-state index in [-0.39, 0.29) is 11.8 Å². The first-order valence-corrected chi connectivity index (χ1v) is 10.4. The molecule has 0 aliphatic rings. The summed E-state index contributed by atoms with van der Waals surface area (Å²) in [7, 11) is 0. The molecule has 0 radical (unpaired) electrons. The molecule has 0 bridgehead atoms. The highest BCUT2D eigenvalue weighted by atomic mass is 32.1. The van der Waals surface area contributed by atoms with Crippen molar-refractivity contribution >= 4 is 28.0 Å². The van der Waals surface area contributed by atoms with Crippen molar-refractivity contribution in [3.05, 3.63) is 71.1 Å². The summed E-state index contributed by atoms with van der Waals surface area (Å²) in [6.07, 6.45) is 1.93. The van der Waals surface area contributed by atoms with E-state index in [9.17, 15) is 9.18 Å². The van der Waals surface area contributed by atoms with Crippen molar-refractivity contribution < 1.29 is 13.9 Å². The first-order valence-electron chi connectivity index (χ1n) is 9.55. The van der Waals surface area contributed by atoms with Gasteiger partial charge in [-0.25, -0.2) is 14.2 Å². The van der Waals surface area contributed by atoms with Crippen LogP contribution in [0, 0.1) is 12.7 Å². The SMILES string of the molecule is CCOc1ccccc1NC(=O)NCc1sc2nc(-c3ccc(F)cc3)cn2c1C. The monoisotopic (exact) mass is 424 g/mol. The second-order valence-corrected chi connectivity index (χ2v) is 7.70. The average molecular weight is 425 g/mol. The van der Waals surface area contributed by atoms with E-state index in [1.807, 2.05) is 42.6 Å².